The molecule has 0 radical (unpaired) electrons. The van der Waals surface area contributed by atoms with Gasteiger partial charge in [0, 0.05) is 24.0 Å². The molecule has 1 aliphatic heterocycles. The summed E-state index contributed by atoms with van der Waals surface area (Å²) in [5, 5.41) is 14.9. The highest BCUT2D eigenvalue weighted by molar-refractivity contribution is 6.03. The molecule has 0 unspecified atom stereocenters. The minimum absolute atomic E-state index is 0.166. The molecular weight excluding hydrogens is 416 g/mol. The van der Waals surface area contributed by atoms with Gasteiger partial charge < -0.3 is 24.1 Å². The Morgan fingerprint density at radius 3 is 2.31 bits per heavy atom. The summed E-state index contributed by atoms with van der Waals surface area (Å²) >= 11 is 0. The van der Waals surface area contributed by atoms with Crippen LogP contribution >= 0.6 is 0 Å². The summed E-state index contributed by atoms with van der Waals surface area (Å²) in [6.45, 7) is 0. The van der Waals surface area contributed by atoms with Crippen LogP contribution in [0.4, 0.5) is 0 Å². The molecule has 0 spiro atoms. The van der Waals surface area contributed by atoms with Gasteiger partial charge in [-0.25, -0.2) is 5.01 Å². The number of carboxylic acids is 1. The van der Waals surface area contributed by atoms with E-state index >= 15 is 0 Å². The Bertz CT molecular complexity index is 1040. The molecular formula is C23H26N2O7. The van der Waals surface area contributed by atoms with E-state index < -0.39 is 17.9 Å². The fourth-order valence-electron chi connectivity index (χ4n) is 3.68. The summed E-state index contributed by atoms with van der Waals surface area (Å²) in [5.41, 5.74) is 2.14. The Labute approximate surface area is 186 Å². The van der Waals surface area contributed by atoms with Crippen LogP contribution in [0.1, 0.15) is 36.4 Å². The van der Waals surface area contributed by atoms with Crippen molar-refractivity contribution >= 4 is 17.6 Å². The summed E-state index contributed by atoms with van der Waals surface area (Å²) in [7, 11) is 6.17. The number of rotatable bonds is 9. The molecule has 0 aliphatic carbocycles. The van der Waals surface area contributed by atoms with Gasteiger partial charge in [0.15, 0.2) is 23.0 Å². The maximum absolute atomic E-state index is 12.9. The molecule has 1 aliphatic rings. The number of hydrogen-bond donors (Lipinski definition) is 1. The van der Waals surface area contributed by atoms with E-state index in [1.54, 1.807) is 32.4 Å². The van der Waals surface area contributed by atoms with Gasteiger partial charge in [-0.2, -0.15) is 5.10 Å². The Hall–Kier alpha value is -3.75. The third kappa shape index (κ3) is 4.61. The molecule has 1 N–H and O–H groups in total. The van der Waals surface area contributed by atoms with Gasteiger partial charge in [0.05, 0.1) is 46.6 Å². The Balaban J connectivity index is 2.03. The largest absolute Gasteiger partial charge is 0.493 e. The number of carbonyl (C=O) groups excluding carboxylic acids is 1. The predicted molar refractivity (Wildman–Crippen MR) is 117 cm³/mol. The van der Waals surface area contributed by atoms with Crippen LogP contribution < -0.4 is 18.9 Å². The number of carboxylic acid groups (broad SMARTS) is 1. The molecule has 0 saturated carbocycles. The summed E-state index contributed by atoms with van der Waals surface area (Å²) in [6.07, 6.45) is -0.0445. The highest BCUT2D eigenvalue weighted by atomic mass is 16.5. The van der Waals surface area contributed by atoms with E-state index in [0.29, 0.717) is 35.1 Å². The van der Waals surface area contributed by atoms with Crippen molar-refractivity contribution in [2.24, 2.45) is 5.10 Å². The standard InChI is InChI=1S/C23H26N2O7/c1-29-18-9-8-14(12-20(18)31-3)16-13-17(25(24-16)21(26)10-11-22(27)28)15-6-5-7-19(30-2)23(15)32-4/h5-9,12,17H,10-11,13H2,1-4H3,(H,27,28)/t17-/m0/s1. The van der Waals surface area contributed by atoms with Crippen molar-refractivity contribution in [3.63, 3.8) is 0 Å². The van der Waals surface area contributed by atoms with Gasteiger partial charge in [-0.05, 0) is 24.3 Å². The summed E-state index contributed by atoms with van der Waals surface area (Å²) < 4.78 is 21.7. The first kappa shape index (κ1) is 22.9. The van der Waals surface area contributed by atoms with Crippen molar-refractivity contribution in [3.05, 3.63) is 47.5 Å². The average Bonchev–Trinajstić information content (AvgIpc) is 3.26. The molecule has 3 rings (SSSR count). The number of methoxy groups -OCH3 is 4. The Morgan fingerprint density at radius 1 is 0.969 bits per heavy atom. The fraction of sp³-hybridized carbons (Fsp3) is 0.348. The molecule has 0 saturated heterocycles. The zero-order valence-electron chi connectivity index (χ0n) is 18.5. The van der Waals surface area contributed by atoms with Gasteiger partial charge in [-0.1, -0.05) is 12.1 Å². The SMILES string of the molecule is COc1ccc(C2=NN(C(=O)CCC(=O)O)[C@H](c3cccc(OC)c3OC)C2)cc1OC. The molecule has 2 aromatic carbocycles. The number of para-hydroxylation sites is 1. The first-order valence-electron chi connectivity index (χ1n) is 9.98. The zero-order chi connectivity index (χ0) is 23.3. The summed E-state index contributed by atoms with van der Waals surface area (Å²) in [6, 6.07) is 10.3. The van der Waals surface area contributed by atoms with Crippen LogP contribution in [-0.4, -0.2) is 56.1 Å². The number of carbonyl (C=O) groups is 2. The van der Waals surface area contributed by atoms with E-state index in [1.165, 1.54) is 19.2 Å². The molecule has 1 heterocycles. The van der Waals surface area contributed by atoms with Crippen molar-refractivity contribution in [2.75, 3.05) is 28.4 Å². The summed E-state index contributed by atoms with van der Waals surface area (Å²) in [4.78, 5) is 23.9. The van der Waals surface area contributed by atoms with Gasteiger partial charge in [-0.3, -0.25) is 9.59 Å². The quantitative estimate of drug-likeness (QED) is 0.635. The topological polar surface area (TPSA) is 107 Å². The Morgan fingerprint density at radius 2 is 1.69 bits per heavy atom. The normalized spacial score (nSPS) is 15.2. The fourth-order valence-corrected chi connectivity index (χ4v) is 3.68. The van der Waals surface area contributed by atoms with Gasteiger partial charge in [-0.15, -0.1) is 0 Å². The second kappa shape index (κ2) is 10.0. The Kier molecular flexibility index (Phi) is 7.19. The molecule has 0 fully saturated rings. The third-order valence-electron chi connectivity index (χ3n) is 5.23. The molecule has 1 amide bonds. The third-order valence-corrected chi connectivity index (χ3v) is 5.23. The highest BCUT2D eigenvalue weighted by Crippen LogP contribution is 2.42. The molecule has 0 bridgehead atoms. The minimum atomic E-state index is -1.04. The van der Waals surface area contributed by atoms with Crippen molar-refractivity contribution in [3.8, 4) is 23.0 Å². The lowest BCUT2D eigenvalue weighted by Gasteiger charge is -2.24. The molecule has 170 valence electrons. The molecule has 2 aromatic rings. The van der Waals surface area contributed by atoms with Crippen LogP contribution in [0.15, 0.2) is 41.5 Å². The van der Waals surface area contributed by atoms with Crippen LogP contribution in [0, 0.1) is 0 Å². The zero-order valence-corrected chi connectivity index (χ0v) is 18.5. The van der Waals surface area contributed by atoms with Crippen LogP contribution in [0.5, 0.6) is 23.0 Å². The second-order valence-corrected chi connectivity index (χ2v) is 7.05. The number of ether oxygens (including phenoxy) is 4. The highest BCUT2D eigenvalue weighted by Gasteiger charge is 2.35. The van der Waals surface area contributed by atoms with Crippen molar-refractivity contribution in [1.82, 2.24) is 5.01 Å². The van der Waals surface area contributed by atoms with Crippen LogP contribution in [-0.2, 0) is 9.59 Å². The predicted octanol–water partition coefficient (Wildman–Crippen LogP) is 3.26. The van der Waals surface area contributed by atoms with E-state index in [1.807, 2.05) is 18.2 Å². The van der Waals surface area contributed by atoms with E-state index in [9.17, 15) is 9.59 Å². The lowest BCUT2D eigenvalue weighted by atomic mass is 9.97. The second-order valence-electron chi connectivity index (χ2n) is 7.05. The van der Waals surface area contributed by atoms with Crippen molar-refractivity contribution in [1.29, 1.82) is 0 Å². The molecule has 9 heteroatoms. The van der Waals surface area contributed by atoms with Crippen LogP contribution in [0.2, 0.25) is 0 Å². The van der Waals surface area contributed by atoms with E-state index in [4.69, 9.17) is 24.1 Å². The number of amides is 1. The first-order chi connectivity index (χ1) is 15.4. The number of aliphatic carboxylic acids is 1. The molecule has 1 atom stereocenters. The van der Waals surface area contributed by atoms with E-state index in [-0.39, 0.29) is 12.8 Å². The monoisotopic (exact) mass is 442 g/mol. The van der Waals surface area contributed by atoms with Gasteiger partial charge in [0.25, 0.3) is 0 Å². The van der Waals surface area contributed by atoms with Crippen molar-refractivity contribution < 1.29 is 33.6 Å². The summed E-state index contributed by atoms with van der Waals surface area (Å²) in [5.74, 6) is 0.714. The minimum Gasteiger partial charge on any atom is -0.493 e. The van der Waals surface area contributed by atoms with Crippen molar-refractivity contribution in [2.45, 2.75) is 25.3 Å². The van der Waals surface area contributed by atoms with E-state index in [2.05, 4.69) is 5.10 Å². The average molecular weight is 442 g/mol. The van der Waals surface area contributed by atoms with Crippen LogP contribution in [0.3, 0.4) is 0 Å². The number of benzene rings is 2. The smallest absolute Gasteiger partial charge is 0.303 e. The van der Waals surface area contributed by atoms with E-state index in [0.717, 1.165) is 11.1 Å². The van der Waals surface area contributed by atoms with Gasteiger partial charge in [0.1, 0.15) is 0 Å². The first-order valence-corrected chi connectivity index (χ1v) is 9.98. The number of hydrazone groups is 1. The number of hydrogen-bond acceptors (Lipinski definition) is 7. The van der Waals surface area contributed by atoms with Gasteiger partial charge in [0.2, 0.25) is 5.91 Å². The lowest BCUT2D eigenvalue weighted by molar-refractivity contribution is -0.141. The maximum Gasteiger partial charge on any atom is 0.303 e. The lowest BCUT2D eigenvalue weighted by Crippen LogP contribution is -2.27. The number of nitrogens with zero attached hydrogens (tertiary/aromatic N) is 2. The maximum atomic E-state index is 12.9. The molecule has 0 aromatic heterocycles. The van der Waals surface area contributed by atoms with Crippen LogP contribution in [0.25, 0.3) is 0 Å². The molecule has 32 heavy (non-hydrogen) atoms. The van der Waals surface area contributed by atoms with Gasteiger partial charge >= 0.3 is 5.97 Å². The molecule has 9 nitrogen and oxygen atoms in total.